The topological polar surface area (TPSA) is 74.3 Å². The Balaban J connectivity index is 1.84. The van der Waals surface area contributed by atoms with Crippen molar-refractivity contribution in [1.82, 2.24) is 20.5 Å². The lowest BCUT2D eigenvalue weighted by atomic mass is 10.1. The second-order valence-electron chi connectivity index (χ2n) is 6.60. The maximum atomic E-state index is 12.0. The minimum Gasteiger partial charge on any atom is -0.338 e. The monoisotopic (exact) mass is 362 g/mol. The van der Waals surface area contributed by atoms with Gasteiger partial charge in [-0.2, -0.15) is 0 Å². The largest absolute Gasteiger partial charge is 0.338 e. The van der Waals surface area contributed by atoms with E-state index in [4.69, 9.17) is 0 Å². The number of benzene rings is 1. The number of fused-ring (bicyclic) bond motifs is 1. The summed E-state index contributed by atoms with van der Waals surface area (Å²) in [4.78, 5) is 30.2. The number of rotatable bonds is 7. The zero-order valence-corrected chi connectivity index (χ0v) is 16.0. The van der Waals surface area contributed by atoms with E-state index in [9.17, 15) is 9.59 Å². The summed E-state index contributed by atoms with van der Waals surface area (Å²) in [6.45, 7) is 6.88. The molecule has 0 fully saturated rings. The molecule has 0 aliphatic carbocycles. The number of hydrogen-bond acceptors (Lipinski definition) is 5. The second kappa shape index (κ2) is 8.92. The molecule has 136 valence electrons. The van der Waals surface area contributed by atoms with Gasteiger partial charge in [-0.1, -0.05) is 26.0 Å². The van der Waals surface area contributed by atoms with Crippen LogP contribution in [-0.4, -0.2) is 42.0 Å². The van der Waals surface area contributed by atoms with E-state index >= 15 is 0 Å². The van der Waals surface area contributed by atoms with Crippen LogP contribution in [-0.2, 0) is 4.79 Å². The van der Waals surface area contributed by atoms with Crippen molar-refractivity contribution in [2.75, 3.05) is 20.1 Å². The highest BCUT2D eigenvalue weighted by molar-refractivity contribution is 7.18. The van der Waals surface area contributed by atoms with E-state index in [1.165, 1.54) is 0 Å². The third kappa shape index (κ3) is 5.79. The Hall–Kier alpha value is -1.99. The second-order valence-corrected chi connectivity index (χ2v) is 7.66. The molecule has 1 aromatic carbocycles. The van der Waals surface area contributed by atoms with Crippen LogP contribution in [0.4, 0.5) is 4.79 Å². The van der Waals surface area contributed by atoms with Gasteiger partial charge in [0.05, 0.1) is 22.8 Å². The van der Waals surface area contributed by atoms with Crippen LogP contribution in [0.3, 0.4) is 0 Å². The Morgan fingerprint density at radius 1 is 1.24 bits per heavy atom. The average molecular weight is 362 g/mol. The first-order chi connectivity index (χ1) is 11.9. The zero-order valence-electron chi connectivity index (χ0n) is 15.2. The van der Waals surface area contributed by atoms with Crippen LogP contribution >= 0.6 is 11.3 Å². The van der Waals surface area contributed by atoms with Gasteiger partial charge in [0.1, 0.15) is 5.01 Å². The summed E-state index contributed by atoms with van der Waals surface area (Å²) in [6, 6.07) is 7.53. The molecule has 2 aromatic rings. The van der Waals surface area contributed by atoms with Crippen LogP contribution in [0.15, 0.2) is 24.3 Å². The third-order valence-corrected chi connectivity index (χ3v) is 5.19. The van der Waals surface area contributed by atoms with E-state index in [1.54, 1.807) is 11.3 Å². The lowest BCUT2D eigenvalue weighted by Gasteiger charge is -2.22. The van der Waals surface area contributed by atoms with Crippen LogP contribution in [0, 0.1) is 5.92 Å². The first kappa shape index (κ1) is 19.3. The Labute approximate surface area is 152 Å². The summed E-state index contributed by atoms with van der Waals surface area (Å²) < 4.78 is 1.13. The molecule has 7 heteroatoms. The normalized spacial score (nSPS) is 12.6. The van der Waals surface area contributed by atoms with Crippen molar-refractivity contribution in [2.45, 2.75) is 33.2 Å². The van der Waals surface area contributed by atoms with Gasteiger partial charge in [-0.3, -0.25) is 15.0 Å². The third-order valence-electron chi connectivity index (χ3n) is 3.98. The molecular weight excluding hydrogens is 336 g/mol. The fourth-order valence-electron chi connectivity index (χ4n) is 2.31. The zero-order chi connectivity index (χ0) is 18.4. The molecule has 0 saturated heterocycles. The molecule has 1 aromatic heterocycles. The number of likely N-dealkylation sites (N-methyl/N-ethyl adjacent to an activating group) is 1. The summed E-state index contributed by atoms with van der Waals surface area (Å²) in [7, 11) is 1.85. The maximum Gasteiger partial charge on any atom is 0.321 e. The number of aromatic nitrogens is 1. The van der Waals surface area contributed by atoms with Gasteiger partial charge in [0, 0.05) is 6.54 Å². The van der Waals surface area contributed by atoms with Crippen molar-refractivity contribution >= 4 is 33.5 Å². The Kier molecular flexibility index (Phi) is 6.90. The van der Waals surface area contributed by atoms with Gasteiger partial charge < -0.3 is 5.32 Å². The van der Waals surface area contributed by atoms with Gasteiger partial charge in [0.25, 0.3) is 0 Å². The van der Waals surface area contributed by atoms with Gasteiger partial charge in [0.15, 0.2) is 0 Å². The Morgan fingerprint density at radius 2 is 1.96 bits per heavy atom. The SMILES string of the molecule is CC(C)CCNC(=O)NC(=O)CN(C)[C@H](C)c1nc2ccccc2s1. The average Bonchev–Trinajstić information content (AvgIpc) is 2.97. The highest BCUT2D eigenvalue weighted by Gasteiger charge is 2.19. The number of nitrogens with one attached hydrogen (secondary N) is 2. The highest BCUT2D eigenvalue weighted by Crippen LogP contribution is 2.28. The fraction of sp³-hybridized carbons (Fsp3) is 0.500. The van der Waals surface area contributed by atoms with Crippen molar-refractivity contribution in [2.24, 2.45) is 5.92 Å². The molecule has 2 rings (SSSR count). The number of carbonyl (C=O) groups is 2. The van der Waals surface area contributed by atoms with Gasteiger partial charge in [-0.15, -0.1) is 11.3 Å². The standard InChI is InChI=1S/C18H26N4O2S/c1-12(2)9-10-19-18(24)21-16(23)11-22(4)13(3)17-20-14-7-5-6-8-15(14)25-17/h5-8,12-13H,9-11H2,1-4H3,(H2,19,21,23,24)/t13-/m1/s1. The van der Waals surface area contributed by atoms with Crippen LogP contribution in [0.25, 0.3) is 10.2 Å². The van der Waals surface area contributed by atoms with Crippen LogP contribution in [0.1, 0.15) is 38.2 Å². The lowest BCUT2D eigenvalue weighted by Crippen LogP contribution is -2.44. The highest BCUT2D eigenvalue weighted by atomic mass is 32.1. The van der Waals surface area contributed by atoms with E-state index in [1.807, 2.05) is 43.1 Å². The molecule has 0 saturated carbocycles. The number of carbonyl (C=O) groups excluding carboxylic acids is 2. The molecule has 0 aliphatic rings. The molecule has 0 bridgehead atoms. The van der Waals surface area contributed by atoms with Crippen LogP contribution < -0.4 is 10.6 Å². The lowest BCUT2D eigenvalue weighted by molar-refractivity contribution is -0.121. The first-order valence-electron chi connectivity index (χ1n) is 8.50. The van der Waals surface area contributed by atoms with Crippen molar-refractivity contribution in [3.05, 3.63) is 29.3 Å². The summed E-state index contributed by atoms with van der Waals surface area (Å²) in [5.41, 5.74) is 0.969. The maximum absolute atomic E-state index is 12.0. The summed E-state index contributed by atoms with van der Waals surface area (Å²) in [5, 5.41) is 6.02. The van der Waals surface area contributed by atoms with Gasteiger partial charge in [-0.05, 0) is 38.4 Å². The predicted octanol–water partition coefficient (Wildman–Crippen LogP) is 3.16. The molecule has 1 heterocycles. The number of imide groups is 1. The van der Waals surface area contributed by atoms with E-state index in [-0.39, 0.29) is 18.5 Å². The number of hydrogen-bond donors (Lipinski definition) is 2. The number of urea groups is 1. The van der Waals surface area contributed by atoms with Crippen molar-refractivity contribution in [3.63, 3.8) is 0 Å². The smallest absolute Gasteiger partial charge is 0.321 e. The van der Waals surface area contributed by atoms with Crippen molar-refractivity contribution in [3.8, 4) is 0 Å². The molecule has 25 heavy (non-hydrogen) atoms. The molecule has 0 radical (unpaired) electrons. The molecule has 1 atom stereocenters. The van der Waals surface area contributed by atoms with Gasteiger partial charge >= 0.3 is 6.03 Å². The number of amides is 3. The molecule has 3 amide bonds. The molecule has 2 N–H and O–H groups in total. The van der Waals surface area contributed by atoms with Crippen molar-refractivity contribution < 1.29 is 9.59 Å². The Bertz CT molecular complexity index is 696. The van der Waals surface area contributed by atoms with Crippen molar-refractivity contribution in [1.29, 1.82) is 0 Å². The van der Waals surface area contributed by atoms with Gasteiger partial charge in [-0.25, -0.2) is 9.78 Å². The summed E-state index contributed by atoms with van der Waals surface area (Å²) >= 11 is 1.62. The van der Waals surface area contributed by atoms with E-state index in [2.05, 4.69) is 29.5 Å². The Morgan fingerprint density at radius 3 is 2.64 bits per heavy atom. The number of para-hydroxylation sites is 1. The summed E-state index contributed by atoms with van der Waals surface area (Å²) in [6.07, 6.45) is 0.885. The molecular formula is C18H26N4O2S. The molecule has 0 aliphatic heterocycles. The van der Waals surface area contributed by atoms with E-state index in [0.29, 0.717) is 12.5 Å². The van der Waals surface area contributed by atoms with Crippen LogP contribution in [0.5, 0.6) is 0 Å². The predicted molar refractivity (Wildman–Crippen MR) is 102 cm³/mol. The minimum atomic E-state index is -0.438. The first-order valence-corrected chi connectivity index (χ1v) is 9.32. The molecule has 0 spiro atoms. The number of nitrogens with zero attached hydrogens (tertiary/aromatic N) is 2. The fourth-order valence-corrected chi connectivity index (χ4v) is 3.39. The molecule has 6 nitrogen and oxygen atoms in total. The minimum absolute atomic E-state index is 0.00727. The van der Waals surface area contributed by atoms with E-state index < -0.39 is 6.03 Å². The van der Waals surface area contributed by atoms with E-state index in [0.717, 1.165) is 21.6 Å². The van der Waals surface area contributed by atoms with Gasteiger partial charge in [0.2, 0.25) is 5.91 Å². The summed E-state index contributed by atoms with van der Waals surface area (Å²) in [5.74, 6) is 0.189. The van der Waals surface area contributed by atoms with Crippen LogP contribution in [0.2, 0.25) is 0 Å². The molecule has 0 unspecified atom stereocenters. The quantitative estimate of drug-likeness (QED) is 0.793. The number of thiazole rings is 1.